The summed E-state index contributed by atoms with van der Waals surface area (Å²) in [6.45, 7) is 8.90. The number of nitrogens with zero attached hydrogens (tertiary/aromatic N) is 4. The van der Waals surface area contributed by atoms with E-state index in [1.807, 2.05) is 44.5 Å². The van der Waals surface area contributed by atoms with E-state index in [9.17, 15) is 13.2 Å². The van der Waals surface area contributed by atoms with Gasteiger partial charge < -0.3 is 23.7 Å². The minimum atomic E-state index is -3.29. The molecule has 0 N–H and O–H groups in total. The molecule has 0 bridgehead atoms. The maximum Gasteiger partial charge on any atom is 0.409 e. The van der Waals surface area contributed by atoms with E-state index < -0.39 is 9.84 Å². The largest absolute Gasteiger partial charge is 0.471 e. The predicted octanol–water partition coefficient (Wildman–Crippen LogP) is 3.72. The second kappa shape index (κ2) is 11.7. The monoisotopic (exact) mass is 518 g/mol. The molecule has 1 amide bonds. The Morgan fingerprint density at radius 3 is 2.64 bits per heavy atom. The molecule has 1 saturated heterocycles. The molecule has 196 valence electrons. The van der Waals surface area contributed by atoms with Gasteiger partial charge >= 0.3 is 6.09 Å². The van der Waals surface area contributed by atoms with Crippen LogP contribution >= 0.6 is 0 Å². The molecule has 0 aliphatic carbocycles. The molecule has 3 heterocycles. The molecule has 36 heavy (non-hydrogen) atoms. The van der Waals surface area contributed by atoms with Crippen molar-refractivity contribution < 1.29 is 27.4 Å². The third-order valence-corrected chi connectivity index (χ3v) is 6.64. The lowest BCUT2D eigenvalue weighted by molar-refractivity contribution is 0.0724. The van der Waals surface area contributed by atoms with Crippen LogP contribution in [0, 0.1) is 5.92 Å². The van der Waals surface area contributed by atoms with Gasteiger partial charge in [-0.15, -0.1) is 0 Å². The lowest BCUT2D eigenvalue weighted by Gasteiger charge is -2.25. The molecule has 2 atom stereocenters. The zero-order chi connectivity index (χ0) is 26.5. The lowest BCUT2D eigenvalue weighted by Crippen LogP contribution is -2.39. The predicted molar refractivity (Wildman–Crippen MR) is 136 cm³/mol. The summed E-state index contributed by atoms with van der Waals surface area (Å²) in [6, 6.07) is 8.52. The number of ether oxygens (including phenoxy) is 3. The molecular weight excluding hydrogens is 484 g/mol. The molecule has 0 saturated carbocycles. The van der Waals surface area contributed by atoms with E-state index >= 15 is 0 Å². The third-order valence-electron chi connectivity index (χ3n) is 5.53. The van der Waals surface area contributed by atoms with E-state index in [0.717, 1.165) is 10.9 Å². The van der Waals surface area contributed by atoms with Crippen molar-refractivity contribution in [3.05, 3.63) is 42.9 Å². The topological polar surface area (TPSA) is 113 Å². The van der Waals surface area contributed by atoms with E-state index in [0.29, 0.717) is 31.5 Å². The summed E-state index contributed by atoms with van der Waals surface area (Å²) in [5.74, 6) is 0.928. The molecule has 11 heteroatoms. The number of benzene rings is 1. The Hall–Kier alpha value is -3.18. The number of fused-ring (bicyclic) bond motifs is 1. The van der Waals surface area contributed by atoms with Crippen molar-refractivity contribution in [2.45, 2.75) is 44.8 Å². The summed E-state index contributed by atoms with van der Waals surface area (Å²) < 4.78 is 42.5. The van der Waals surface area contributed by atoms with Gasteiger partial charge in [-0.25, -0.2) is 23.2 Å². The van der Waals surface area contributed by atoms with Crippen LogP contribution in [0.25, 0.3) is 16.7 Å². The van der Waals surface area contributed by atoms with Crippen LogP contribution in [0.3, 0.4) is 0 Å². The molecule has 1 aromatic carbocycles. The Bertz CT molecular complexity index is 1290. The number of rotatable bonds is 7. The Morgan fingerprint density at radius 2 is 1.94 bits per heavy atom. The fraction of sp³-hybridized carbons (Fsp3) is 0.480. The van der Waals surface area contributed by atoms with E-state index in [1.165, 1.54) is 17.5 Å². The van der Waals surface area contributed by atoms with Gasteiger partial charge in [0.1, 0.15) is 18.2 Å². The summed E-state index contributed by atoms with van der Waals surface area (Å²) >= 11 is 0. The van der Waals surface area contributed by atoms with Crippen molar-refractivity contribution in [1.82, 2.24) is 19.4 Å². The first-order valence-electron chi connectivity index (χ1n) is 11.9. The Kier molecular flexibility index (Phi) is 8.91. The average Bonchev–Trinajstić information content (AvgIpc) is 3.46. The van der Waals surface area contributed by atoms with Gasteiger partial charge in [-0.1, -0.05) is 13.8 Å². The lowest BCUT2D eigenvalue weighted by atomic mass is 10.1. The molecule has 1 aliphatic heterocycles. The van der Waals surface area contributed by atoms with Crippen LogP contribution in [0.4, 0.5) is 4.79 Å². The van der Waals surface area contributed by atoms with Crippen molar-refractivity contribution >= 4 is 26.8 Å². The molecule has 2 unspecified atom stereocenters. The minimum Gasteiger partial charge on any atom is -0.471 e. The molecule has 10 nitrogen and oxygen atoms in total. The highest BCUT2D eigenvalue weighted by Crippen LogP contribution is 2.25. The number of hydrogen-bond donors (Lipinski definition) is 0. The molecule has 0 spiro atoms. The molecule has 1 aliphatic rings. The number of carbonyl (C=O) groups is 1. The van der Waals surface area contributed by atoms with Crippen molar-refractivity contribution in [1.29, 1.82) is 0 Å². The van der Waals surface area contributed by atoms with Crippen LogP contribution < -0.4 is 4.74 Å². The molecule has 3 aromatic rings. The Balaban J connectivity index is 0.00000176. The molecule has 1 fully saturated rings. The fourth-order valence-electron chi connectivity index (χ4n) is 3.83. The first-order chi connectivity index (χ1) is 17.1. The van der Waals surface area contributed by atoms with Gasteiger partial charge in [0, 0.05) is 43.4 Å². The fourth-order valence-corrected chi connectivity index (χ4v) is 4.49. The zero-order valence-electron chi connectivity index (χ0n) is 21.5. The zero-order valence-corrected chi connectivity index (χ0v) is 22.4. The van der Waals surface area contributed by atoms with Gasteiger partial charge in [0.2, 0.25) is 5.88 Å². The third kappa shape index (κ3) is 6.52. The summed E-state index contributed by atoms with van der Waals surface area (Å²) in [4.78, 5) is 22.5. The highest BCUT2D eigenvalue weighted by Gasteiger charge is 2.33. The van der Waals surface area contributed by atoms with Crippen LogP contribution in [0.15, 0.2) is 47.8 Å². The maximum atomic E-state index is 12.1. The standard InChI is InChI=1S/C23H28N4O6S.C2H6/c1-15(2)32-23(28)26(3)11-17-12-31-13-20(17)33-22-10-21(24-14-25-22)27-8-7-16-9-18(34(4,29)30)5-6-19(16)27;1-2/h5-10,14-15,17,20H,11-13H2,1-4H3;1-2H3. The minimum absolute atomic E-state index is 0.0371. The normalized spacial score (nSPS) is 17.5. The quantitative estimate of drug-likeness (QED) is 0.465. The SMILES string of the molecule is CC.CC(C)OC(=O)N(C)CC1COCC1Oc1cc(-n2ccc3cc(S(C)(=O)=O)ccc32)ncn1. The van der Waals surface area contributed by atoms with E-state index in [4.69, 9.17) is 14.2 Å². The molecule has 0 radical (unpaired) electrons. The highest BCUT2D eigenvalue weighted by atomic mass is 32.2. The van der Waals surface area contributed by atoms with Crippen molar-refractivity contribution in [2.75, 3.05) is 33.1 Å². The number of aromatic nitrogens is 3. The number of sulfone groups is 1. The van der Waals surface area contributed by atoms with Crippen LogP contribution in [0.2, 0.25) is 0 Å². The average molecular weight is 519 g/mol. The van der Waals surface area contributed by atoms with Gasteiger partial charge in [0.25, 0.3) is 0 Å². The Labute approximate surface area is 212 Å². The van der Waals surface area contributed by atoms with Crippen LogP contribution in [-0.2, 0) is 19.3 Å². The smallest absolute Gasteiger partial charge is 0.409 e. The van der Waals surface area contributed by atoms with Gasteiger partial charge in [0.15, 0.2) is 9.84 Å². The molecule has 2 aromatic heterocycles. The Morgan fingerprint density at radius 1 is 1.19 bits per heavy atom. The first kappa shape index (κ1) is 27.4. The maximum absolute atomic E-state index is 12.1. The highest BCUT2D eigenvalue weighted by molar-refractivity contribution is 7.90. The summed E-state index contributed by atoms with van der Waals surface area (Å²) in [5.41, 5.74) is 0.810. The van der Waals surface area contributed by atoms with E-state index in [1.54, 1.807) is 31.3 Å². The summed E-state index contributed by atoms with van der Waals surface area (Å²) in [5, 5.41) is 0.782. The number of amides is 1. The van der Waals surface area contributed by atoms with Gasteiger partial charge in [0.05, 0.1) is 29.7 Å². The number of hydrogen-bond acceptors (Lipinski definition) is 8. The van der Waals surface area contributed by atoms with Gasteiger partial charge in [-0.3, -0.25) is 0 Å². The van der Waals surface area contributed by atoms with Crippen molar-refractivity contribution in [3.63, 3.8) is 0 Å². The van der Waals surface area contributed by atoms with Crippen LogP contribution in [-0.4, -0.2) is 79.2 Å². The van der Waals surface area contributed by atoms with Gasteiger partial charge in [-0.05, 0) is 38.1 Å². The number of carbonyl (C=O) groups excluding carboxylic acids is 1. The molecule has 4 rings (SSSR count). The van der Waals surface area contributed by atoms with Crippen LogP contribution in [0.5, 0.6) is 5.88 Å². The van der Waals surface area contributed by atoms with Crippen molar-refractivity contribution in [2.24, 2.45) is 5.92 Å². The summed E-state index contributed by atoms with van der Waals surface area (Å²) in [7, 11) is -1.60. The van der Waals surface area contributed by atoms with E-state index in [2.05, 4.69) is 9.97 Å². The van der Waals surface area contributed by atoms with E-state index in [-0.39, 0.29) is 29.1 Å². The molecular formula is C25H34N4O6S. The van der Waals surface area contributed by atoms with Crippen LogP contribution in [0.1, 0.15) is 27.7 Å². The first-order valence-corrected chi connectivity index (χ1v) is 13.8. The second-order valence-corrected chi connectivity index (χ2v) is 10.7. The summed E-state index contributed by atoms with van der Waals surface area (Å²) in [6.07, 6.45) is 3.56. The second-order valence-electron chi connectivity index (χ2n) is 8.66. The van der Waals surface area contributed by atoms with Gasteiger partial charge in [-0.2, -0.15) is 0 Å². The van der Waals surface area contributed by atoms with Crippen molar-refractivity contribution in [3.8, 4) is 11.7 Å².